The Morgan fingerprint density at radius 1 is 1.21 bits per heavy atom. The first-order valence-electron chi connectivity index (χ1n) is 8.31. The molecule has 5 nitrogen and oxygen atoms in total. The molecule has 3 rings (SSSR count). The third-order valence-electron chi connectivity index (χ3n) is 4.20. The number of aromatic amines is 1. The van der Waals surface area contributed by atoms with Crippen molar-refractivity contribution in [3.8, 4) is 17.6 Å². The SMILES string of the molecule is COc1ccc(/C=C(\C#N)C(=O)c2c(C)[nH]c3ccccc23)cc1OC(F)F. The highest BCUT2D eigenvalue weighted by molar-refractivity contribution is 6.20. The molecule has 0 radical (unpaired) electrons. The molecular weight excluding hydrogens is 366 g/mol. The maximum atomic E-state index is 13.0. The van der Waals surface area contributed by atoms with Gasteiger partial charge in [0.2, 0.25) is 5.78 Å². The van der Waals surface area contributed by atoms with Crippen molar-refractivity contribution in [2.24, 2.45) is 0 Å². The van der Waals surface area contributed by atoms with Crippen LogP contribution in [0.4, 0.5) is 8.78 Å². The molecule has 142 valence electrons. The summed E-state index contributed by atoms with van der Waals surface area (Å²) >= 11 is 0. The van der Waals surface area contributed by atoms with E-state index in [9.17, 15) is 18.8 Å². The Kier molecular flexibility index (Phi) is 5.41. The molecule has 7 heteroatoms. The van der Waals surface area contributed by atoms with Gasteiger partial charge >= 0.3 is 6.61 Å². The van der Waals surface area contributed by atoms with Crippen LogP contribution in [0.1, 0.15) is 21.6 Å². The predicted octanol–water partition coefficient (Wildman–Crippen LogP) is 4.88. The largest absolute Gasteiger partial charge is 0.493 e. The number of nitrogens with one attached hydrogen (secondary N) is 1. The highest BCUT2D eigenvalue weighted by Crippen LogP contribution is 2.31. The number of para-hydroxylation sites is 1. The van der Waals surface area contributed by atoms with Crippen LogP contribution in [0, 0.1) is 18.3 Å². The van der Waals surface area contributed by atoms with E-state index in [1.165, 1.54) is 25.3 Å². The lowest BCUT2D eigenvalue weighted by Crippen LogP contribution is -2.05. The number of alkyl halides is 2. The Balaban J connectivity index is 2.03. The number of hydrogen-bond donors (Lipinski definition) is 1. The molecule has 3 aromatic rings. The van der Waals surface area contributed by atoms with Gasteiger partial charge in [0.05, 0.1) is 12.7 Å². The van der Waals surface area contributed by atoms with Crippen LogP contribution in [0.2, 0.25) is 0 Å². The maximum Gasteiger partial charge on any atom is 0.387 e. The van der Waals surface area contributed by atoms with Crippen molar-refractivity contribution in [2.45, 2.75) is 13.5 Å². The minimum atomic E-state index is -3.03. The minimum Gasteiger partial charge on any atom is -0.493 e. The molecule has 0 aliphatic carbocycles. The summed E-state index contributed by atoms with van der Waals surface area (Å²) in [4.78, 5) is 16.1. The van der Waals surface area contributed by atoms with Gasteiger partial charge in [-0.05, 0) is 36.8 Å². The van der Waals surface area contributed by atoms with Crippen molar-refractivity contribution in [1.82, 2.24) is 4.98 Å². The second-order valence-corrected chi connectivity index (χ2v) is 5.96. The van der Waals surface area contributed by atoms with E-state index in [1.807, 2.05) is 18.2 Å². The fourth-order valence-corrected chi connectivity index (χ4v) is 2.99. The van der Waals surface area contributed by atoms with Crippen LogP contribution in [0.5, 0.6) is 11.5 Å². The number of methoxy groups -OCH3 is 1. The number of carbonyl (C=O) groups excluding carboxylic acids is 1. The number of halogens is 2. The number of allylic oxidation sites excluding steroid dienone is 1. The Hall–Kier alpha value is -3.66. The number of Topliss-reactive ketones (excluding diaryl/α,β-unsaturated/α-hetero) is 1. The number of aromatic nitrogens is 1. The van der Waals surface area contributed by atoms with Gasteiger partial charge < -0.3 is 14.5 Å². The van der Waals surface area contributed by atoms with Crippen molar-refractivity contribution >= 4 is 22.8 Å². The summed E-state index contributed by atoms with van der Waals surface area (Å²) in [7, 11) is 1.33. The maximum absolute atomic E-state index is 13.0. The number of ketones is 1. The van der Waals surface area contributed by atoms with Gasteiger partial charge in [-0.15, -0.1) is 0 Å². The number of fused-ring (bicyclic) bond motifs is 1. The van der Waals surface area contributed by atoms with Crippen LogP contribution < -0.4 is 9.47 Å². The first-order valence-corrected chi connectivity index (χ1v) is 8.31. The molecule has 0 fully saturated rings. The van der Waals surface area contributed by atoms with Crippen molar-refractivity contribution in [2.75, 3.05) is 7.11 Å². The number of carbonyl (C=O) groups is 1. The average Bonchev–Trinajstić information content (AvgIpc) is 3.01. The number of aryl methyl sites for hydroxylation is 1. The number of nitrogens with zero attached hydrogens (tertiary/aromatic N) is 1. The van der Waals surface area contributed by atoms with E-state index < -0.39 is 12.4 Å². The zero-order valence-electron chi connectivity index (χ0n) is 15.1. The van der Waals surface area contributed by atoms with Gasteiger partial charge in [0, 0.05) is 16.6 Å². The van der Waals surface area contributed by atoms with E-state index in [0.717, 1.165) is 5.52 Å². The first-order chi connectivity index (χ1) is 13.4. The minimum absolute atomic E-state index is 0.120. The standard InChI is InChI=1S/C21H16F2N2O3/c1-12-19(15-5-3-4-6-16(15)25-12)20(26)14(11-24)9-13-7-8-17(27-2)18(10-13)28-21(22)23/h3-10,21,25H,1-2H3/b14-9+. The second kappa shape index (κ2) is 7.92. The van der Waals surface area contributed by atoms with Gasteiger partial charge in [0.25, 0.3) is 0 Å². The molecule has 0 aliphatic rings. The summed E-state index contributed by atoms with van der Waals surface area (Å²) < 4.78 is 34.6. The van der Waals surface area contributed by atoms with Crippen LogP contribution in [-0.2, 0) is 0 Å². The van der Waals surface area contributed by atoms with Crippen LogP contribution in [-0.4, -0.2) is 24.5 Å². The molecule has 0 spiro atoms. The predicted molar refractivity (Wildman–Crippen MR) is 101 cm³/mol. The summed E-state index contributed by atoms with van der Waals surface area (Å²) in [6.45, 7) is -1.27. The fourth-order valence-electron chi connectivity index (χ4n) is 2.99. The molecule has 0 saturated carbocycles. The molecule has 28 heavy (non-hydrogen) atoms. The van der Waals surface area contributed by atoms with Crippen molar-refractivity contribution in [3.63, 3.8) is 0 Å². The molecule has 1 heterocycles. The number of rotatable bonds is 6. The highest BCUT2D eigenvalue weighted by atomic mass is 19.3. The first kappa shape index (κ1) is 19.1. The lowest BCUT2D eigenvalue weighted by Gasteiger charge is -2.10. The van der Waals surface area contributed by atoms with Crippen LogP contribution in [0.15, 0.2) is 48.0 Å². The number of ether oxygens (including phenoxy) is 2. The zero-order chi connectivity index (χ0) is 20.3. The molecule has 0 aliphatic heterocycles. The van der Waals surface area contributed by atoms with Gasteiger partial charge in [-0.3, -0.25) is 4.79 Å². The lowest BCUT2D eigenvalue weighted by molar-refractivity contribution is -0.0512. The molecule has 0 amide bonds. The number of H-pyrrole nitrogens is 1. The Bertz CT molecular complexity index is 1110. The summed E-state index contributed by atoms with van der Waals surface area (Å²) in [6.07, 6.45) is 1.33. The molecule has 1 aromatic heterocycles. The molecule has 0 atom stereocenters. The molecule has 0 unspecified atom stereocenters. The van der Waals surface area contributed by atoms with E-state index in [4.69, 9.17) is 4.74 Å². The second-order valence-electron chi connectivity index (χ2n) is 5.96. The quantitative estimate of drug-likeness (QED) is 0.375. The molecule has 1 N–H and O–H groups in total. The topological polar surface area (TPSA) is 75.1 Å². The van der Waals surface area contributed by atoms with E-state index in [0.29, 0.717) is 22.2 Å². The Labute approximate surface area is 159 Å². The van der Waals surface area contributed by atoms with E-state index in [-0.39, 0.29) is 17.1 Å². The van der Waals surface area contributed by atoms with Crippen molar-refractivity contribution in [1.29, 1.82) is 5.26 Å². The van der Waals surface area contributed by atoms with Crippen LogP contribution in [0.3, 0.4) is 0 Å². The van der Waals surface area contributed by atoms with E-state index in [1.54, 1.807) is 25.1 Å². The van der Waals surface area contributed by atoms with Gasteiger partial charge in [0.15, 0.2) is 11.5 Å². The van der Waals surface area contributed by atoms with Gasteiger partial charge in [-0.25, -0.2) is 0 Å². The van der Waals surface area contributed by atoms with Crippen LogP contribution >= 0.6 is 0 Å². The average molecular weight is 382 g/mol. The summed E-state index contributed by atoms with van der Waals surface area (Å²) in [5, 5.41) is 10.2. The fraction of sp³-hybridized carbons (Fsp3) is 0.143. The smallest absolute Gasteiger partial charge is 0.387 e. The molecule has 0 saturated heterocycles. The number of nitriles is 1. The zero-order valence-corrected chi connectivity index (χ0v) is 15.1. The Morgan fingerprint density at radius 3 is 2.64 bits per heavy atom. The van der Waals surface area contributed by atoms with Crippen molar-refractivity contribution in [3.05, 3.63) is 64.9 Å². The third kappa shape index (κ3) is 3.71. The molecule has 2 aromatic carbocycles. The third-order valence-corrected chi connectivity index (χ3v) is 4.20. The van der Waals surface area contributed by atoms with Gasteiger partial charge in [-0.2, -0.15) is 14.0 Å². The molecule has 0 bridgehead atoms. The van der Waals surface area contributed by atoms with Gasteiger partial charge in [-0.1, -0.05) is 24.3 Å². The summed E-state index contributed by atoms with van der Waals surface area (Å²) in [5.41, 5.74) is 2.07. The number of benzene rings is 2. The van der Waals surface area contributed by atoms with Crippen LogP contribution in [0.25, 0.3) is 17.0 Å². The number of hydrogen-bond acceptors (Lipinski definition) is 4. The Morgan fingerprint density at radius 2 is 1.96 bits per heavy atom. The normalized spacial score (nSPS) is 11.5. The lowest BCUT2D eigenvalue weighted by atomic mass is 9.99. The summed E-state index contributed by atoms with van der Waals surface area (Å²) in [5.74, 6) is -0.515. The highest BCUT2D eigenvalue weighted by Gasteiger charge is 2.20. The monoisotopic (exact) mass is 382 g/mol. The van der Waals surface area contributed by atoms with Crippen molar-refractivity contribution < 1.29 is 23.0 Å². The summed E-state index contributed by atoms with van der Waals surface area (Å²) in [6, 6.07) is 13.4. The molecular formula is C21H16F2N2O3. The van der Waals surface area contributed by atoms with E-state index >= 15 is 0 Å². The van der Waals surface area contributed by atoms with E-state index in [2.05, 4.69) is 9.72 Å². The van der Waals surface area contributed by atoms with Gasteiger partial charge in [0.1, 0.15) is 11.6 Å².